The zero-order chi connectivity index (χ0) is 17.3. The first-order chi connectivity index (χ1) is 11.4. The molecule has 0 saturated carbocycles. The van der Waals surface area contributed by atoms with Crippen molar-refractivity contribution in [3.05, 3.63) is 23.8 Å². The number of aryl methyl sites for hydroxylation is 1. The molecule has 132 valence electrons. The zero-order valence-corrected chi connectivity index (χ0v) is 14.8. The van der Waals surface area contributed by atoms with E-state index in [1.807, 2.05) is 18.7 Å². The molecule has 1 amide bonds. The van der Waals surface area contributed by atoms with Crippen molar-refractivity contribution in [2.24, 2.45) is 0 Å². The van der Waals surface area contributed by atoms with Gasteiger partial charge in [-0.1, -0.05) is 0 Å². The number of fused-ring (bicyclic) bond motifs is 1. The second-order valence-corrected chi connectivity index (χ2v) is 8.00. The van der Waals surface area contributed by atoms with Crippen molar-refractivity contribution in [3.63, 3.8) is 0 Å². The van der Waals surface area contributed by atoms with Crippen LogP contribution in [0.5, 0.6) is 5.75 Å². The molecule has 2 aliphatic heterocycles. The lowest BCUT2D eigenvalue weighted by molar-refractivity contribution is -0.130. The first kappa shape index (κ1) is 17.2. The van der Waals surface area contributed by atoms with E-state index < -0.39 is 16.1 Å². The van der Waals surface area contributed by atoms with Gasteiger partial charge >= 0.3 is 0 Å². The lowest BCUT2D eigenvalue weighted by atomic mass is 10.1. The van der Waals surface area contributed by atoms with Gasteiger partial charge in [0.1, 0.15) is 11.8 Å². The van der Waals surface area contributed by atoms with Gasteiger partial charge in [0.25, 0.3) is 0 Å². The highest BCUT2D eigenvalue weighted by Crippen LogP contribution is 2.26. The van der Waals surface area contributed by atoms with E-state index in [2.05, 4.69) is 5.32 Å². The number of nitrogens with zero attached hydrogens (tertiary/aromatic N) is 2. The number of ether oxygens (including phenoxy) is 1. The third-order valence-electron chi connectivity index (χ3n) is 4.54. The largest absolute Gasteiger partial charge is 0.494 e. The third kappa shape index (κ3) is 3.13. The van der Waals surface area contributed by atoms with Crippen molar-refractivity contribution in [3.8, 4) is 5.75 Å². The van der Waals surface area contributed by atoms with Crippen LogP contribution in [0, 0.1) is 6.92 Å². The molecule has 0 bridgehead atoms. The number of hydrogen-bond donors (Lipinski definition) is 1. The Morgan fingerprint density at radius 2 is 2.08 bits per heavy atom. The van der Waals surface area contributed by atoms with Gasteiger partial charge in [-0.05, 0) is 37.6 Å². The van der Waals surface area contributed by atoms with Crippen LogP contribution in [0.4, 0.5) is 0 Å². The summed E-state index contributed by atoms with van der Waals surface area (Å²) in [4.78, 5) is 14.3. The normalized spacial score (nSPS) is 22.8. The van der Waals surface area contributed by atoms with Gasteiger partial charge in [-0.25, -0.2) is 8.42 Å². The van der Waals surface area contributed by atoms with Crippen molar-refractivity contribution in [1.82, 2.24) is 14.5 Å². The van der Waals surface area contributed by atoms with E-state index in [0.717, 1.165) is 12.1 Å². The number of nitrogens with one attached hydrogen (secondary N) is 1. The molecule has 0 unspecified atom stereocenters. The summed E-state index contributed by atoms with van der Waals surface area (Å²) in [6.45, 7) is 6.82. The van der Waals surface area contributed by atoms with Crippen LogP contribution >= 0.6 is 0 Å². The van der Waals surface area contributed by atoms with Crippen molar-refractivity contribution in [2.45, 2.75) is 24.8 Å². The molecule has 0 aliphatic carbocycles. The van der Waals surface area contributed by atoms with Crippen molar-refractivity contribution in [1.29, 1.82) is 0 Å². The van der Waals surface area contributed by atoms with E-state index >= 15 is 0 Å². The van der Waals surface area contributed by atoms with Crippen LogP contribution in [-0.2, 0) is 14.8 Å². The molecule has 7 nitrogen and oxygen atoms in total. The molecule has 3 rings (SSSR count). The van der Waals surface area contributed by atoms with Crippen LogP contribution < -0.4 is 10.1 Å². The maximum Gasteiger partial charge on any atom is 0.243 e. The zero-order valence-electron chi connectivity index (χ0n) is 14.0. The molecule has 1 N–H and O–H groups in total. The van der Waals surface area contributed by atoms with Crippen LogP contribution in [0.25, 0.3) is 0 Å². The predicted molar refractivity (Wildman–Crippen MR) is 89.5 cm³/mol. The Kier molecular flexibility index (Phi) is 4.80. The molecule has 1 atom stereocenters. The van der Waals surface area contributed by atoms with Crippen molar-refractivity contribution < 1.29 is 17.9 Å². The van der Waals surface area contributed by atoms with E-state index in [-0.39, 0.29) is 17.3 Å². The smallest absolute Gasteiger partial charge is 0.243 e. The van der Waals surface area contributed by atoms with Crippen molar-refractivity contribution >= 4 is 15.9 Å². The van der Waals surface area contributed by atoms with Gasteiger partial charge in [-0.15, -0.1) is 0 Å². The molecule has 2 aliphatic rings. The van der Waals surface area contributed by atoms with Crippen LogP contribution in [0.15, 0.2) is 23.1 Å². The van der Waals surface area contributed by atoms with E-state index in [0.29, 0.717) is 32.0 Å². The van der Waals surface area contributed by atoms with E-state index in [1.54, 1.807) is 18.2 Å². The number of carbonyl (C=O) groups is 1. The van der Waals surface area contributed by atoms with Gasteiger partial charge in [-0.3, -0.25) is 9.69 Å². The van der Waals surface area contributed by atoms with Gasteiger partial charge < -0.3 is 10.1 Å². The second kappa shape index (κ2) is 6.70. The molecule has 0 spiro atoms. The molecule has 0 aromatic heterocycles. The Bertz CT molecular complexity index is 735. The Labute approximate surface area is 142 Å². The fraction of sp³-hybridized carbons (Fsp3) is 0.562. The Morgan fingerprint density at radius 1 is 1.29 bits per heavy atom. The molecular formula is C16H23N3O4S. The van der Waals surface area contributed by atoms with Gasteiger partial charge in [0.15, 0.2) is 0 Å². The summed E-state index contributed by atoms with van der Waals surface area (Å²) in [5.74, 6) is 0.594. The van der Waals surface area contributed by atoms with E-state index in [4.69, 9.17) is 4.74 Å². The molecule has 24 heavy (non-hydrogen) atoms. The average Bonchev–Trinajstić information content (AvgIpc) is 2.57. The number of piperazine rings is 2. The maximum atomic E-state index is 12.9. The number of benzene rings is 1. The van der Waals surface area contributed by atoms with Crippen molar-refractivity contribution in [2.75, 3.05) is 39.3 Å². The first-order valence-electron chi connectivity index (χ1n) is 8.19. The van der Waals surface area contributed by atoms with E-state index in [9.17, 15) is 13.2 Å². The minimum absolute atomic E-state index is 0.0935. The van der Waals surface area contributed by atoms with E-state index in [1.165, 1.54) is 4.31 Å². The fourth-order valence-corrected chi connectivity index (χ4v) is 4.74. The lowest BCUT2D eigenvalue weighted by Crippen LogP contribution is -2.64. The fourth-order valence-electron chi connectivity index (χ4n) is 3.22. The molecular weight excluding hydrogens is 330 g/mol. The van der Waals surface area contributed by atoms with Gasteiger partial charge in [-0.2, -0.15) is 4.31 Å². The van der Waals surface area contributed by atoms with Gasteiger partial charge in [0, 0.05) is 32.7 Å². The summed E-state index contributed by atoms with van der Waals surface area (Å²) in [6.07, 6.45) is 0. The number of hydrogen-bond acceptors (Lipinski definition) is 5. The number of amides is 1. The standard InChI is InChI=1S/C16H23N3O4S/c1-3-23-15-5-4-13(10-12(15)2)24(21,22)19-9-8-18-7-6-17-16(20)14(18)11-19/h4-5,10,14H,3,6-9,11H2,1-2H3,(H,17,20)/t14-/m1/s1. The summed E-state index contributed by atoms with van der Waals surface area (Å²) in [6, 6.07) is 4.50. The van der Waals surface area contributed by atoms with Crippen LogP contribution in [-0.4, -0.2) is 68.9 Å². The summed E-state index contributed by atoms with van der Waals surface area (Å²) < 4.78 is 32.7. The number of rotatable bonds is 4. The van der Waals surface area contributed by atoms with Crippen LogP contribution in [0.3, 0.4) is 0 Å². The Balaban J connectivity index is 1.83. The Morgan fingerprint density at radius 3 is 2.79 bits per heavy atom. The summed E-state index contributed by atoms with van der Waals surface area (Å²) >= 11 is 0. The molecule has 2 heterocycles. The molecule has 2 saturated heterocycles. The lowest BCUT2D eigenvalue weighted by Gasteiger charge is -2.42. The minimum atomic E-state index is -3.62. The summed E-state index contributed by atoms with van der Waals surface area (Å²) in [5, 5.41) is 2.80. The van der Waals surface area contributed by atoms with Gasteiger partial charge in [0.05, 0.1) is 11.5 Å². The Hall–Kier alpha value is -1.64. The summed E-state index contributed by atoms with van der Waals surface area (Å²) in [5.41, 5.74) is 0.784. The molecule has 1 aromatic rings. The highest BCUT2D eigenvalue weighted by molar-refractivity contribution is 7.89. The van der Waals surface area contributed by atoms with Crippen LogP contribution in [0.1, 0.15) is 12.5 Å². The van der Waals surface area contributed by atoms with Crippen LogP contribution in [0.2, 0.25) is 0 Å². The maximum absolute atomic E-state index is 12.9. The molecule has 8 heteroatoms. The van der Waals surface area contributed by atoms with Gasteiger partial charge in [0.2, 0.25) is 15.9 Å². The average molecular weight is 353 g/mol. The highest BCUT2D eigenvalue weighted by Gasteiger charge is 2.39. The monoisotopic (exact) mass is 353 g/mol. The quantitative estimate of drug-likeness (QED) is 0.836. The predicted octanol–water partition coefficient (Wildman–Crippen LogP) is 0.198. The topological polar surface area (TPSA) is 79.0 Å². The highest BCUT2D eigenvalue weighted by atomic mass is 32.2. The summed E-state index contributed by atoms with van der Waals surface area (Å²) in [7, 11) is -3.62. The SMILES string of the molecule is CCOc1ccc(S(=O)(=O)N2CCN3CCNC(=O)[C@H]3C2)cc1C. The third-order valence-corrected chi connectivity index (χ3v) is 6.40. The number of sulfonamides is 1. The molecule has 1 aromatic carbocycles. The minimum Gasteiger partial charge on any atom is -0.494 e. The molecule has 0 radical (unpaired) electrons. The second-order valence-electron chi connectivity index (χ2n) is 6.07. The molecule has 2 fully saturated rings. The first-order valence-corrected chi connectivity index (χ1v) is 9.63. The number of carbonyl (C=O) groups excluding carboxylic acids is 1.